The maximum atomic E-state index is 5.60. The molecule has 0 radical (unpaired) electrons. The molecule has 1 aromatic rings. The molecule has 0 bridgehead atoms. The molecule has 2 rings (SSSR count). The number of piperidine rings is 1. The van der Waals surface area contributed by atoms with Crippen molar-refractivity contribution in [3.8, 4) is 5.75 Å². The molecule has 0 aromatic heterocycles. The molecule has 100 valence electrons. The highest BCUT2D eigenvalue weighted by atomic mass is 16.5. The van der Waals surface area contributed by atoms with E-state index < -0.39 is 0 Å². The van der Waals surface area contributed by atoms with Crippen LogP contribution in [-0.2, 0) is 0 Å². The Labute approximate surface area is 110 Å². The molecule has 18 heavy (non-hydrogen) atoms. The Hall–Kier alpha value is -1.22. The lowest BCUT2D eigenvalue weighted by Gasteiger charge is -2.33. The van der Waals surface area contributed by atoms with Crippen molar-refractivity contribution in [1.29, 1.82) is 0 Å². The molecular weight excluding hydrogens is 224 g/mol. The van der Waals surface area contributed by atoms with Gasteiger partial charge in [0.25, 0.3) is 0 Å². The lowest BCUT2D eigenvalue weighted by atomic mass is 10.0. The average molecular weight is 248 g/mol. The topological polar surface area (TPSA) is 24.5 Å². The van der Waals surface area contributed by atoms with E-state index in [9.17, 15) is 0 Å². The number of anilines is 1. The van der Waals surface area contributed by atoms with Crippen LogP contribution < -0.4 is 15.0 Å². The predicted molar refractivity (Wildman–Crippen MR) is 76.5 cm³/mol. The number of hydrogen-bond donors (Lipinski definition) is 1. The highest BCUT2D eigenvalue weighted by Gasteiger charge is 2.17. The zero-order valence-corrected chi connectivity index (χ0v) is 11.5. The van der Waals surface area contributed by atoms with Crippen molar-refractivity contribution in [2.45, 2.75) is 32.2 Å². The Morgan fingerprint density at radius 2 is 1.89 bits per heavy atom. The van der Waals surface area contributed by atoms with Gasteiger partial charge >= 0.3 is 0 Å². The minimum Gasteiger partial charge on any atom is -0.494 e. The van der Waals surface area contributed by atoms with E-state index in [4.69, 9.17) is 4.74 Å². The average Bonchev–Trinajstić information content (AvgIpc) is 2.46. The van der Waals surface area contributed by atoms with Gasteiger partial charge in [-0.15, -0.1) is 0 Å². The third-order valence-electron chi connectivity index (χ3n) is 3.58. The molecular formula is C15H24N2O. The van der Waals surface area contributed by atoms with Gasteiger partial charge in [-0.25, -0.2) is 0 Å². The van der Waals surface area contributed by atoms with Gasteiger partial charge in [-0.1, -0.05) is 6.92 Å². The molecule has 3 nitrogen and oxygen atoms in total. The second kappa shape index (κ2) is 6.64. The summed E-state index contributed by atoms with van der Waals surface area (Å²) in [7, 11) is 2.06. The molecule has 0 unspecified atom stereocenters. The number of hydrogen-bond acceptors (Lipinski definition) is 3. The molecule has 0 spiro atoms. The highest BCUT2D eigenvalue weighted by molar-refractivity contribution is 5.49. The molecule has 1 N–H and O–H groups in total. The Morgan fingerprint density at radius 1 is 1.22 bits per heavy atom. The van der Waals surface area contributed by atoms with E-state index >= 15 is 0 Å². The smallest absolute Gasteiger partial charge is 0.119 e. The van der Waals surface area contributed by atoms with Gasteiger partial charge in [0.15, 0.2) is 0 Å². The summed E-state index contributed by atoms with van der Waals surface area (Å²) in [5, 5.41) is 3.36. The fourth-order valence-corrected chi connectivity index (χ4v) is 2.40. The summed E-state index contributed by atoms with van der Waals surface area (Å²) < 4.78 is 5.60. The van der Waals surface area contributed by atoms with Gasteiger partial charge in [0.1, 0.15) is 5.75 Å². The normalized spacial score (nSPS) is 16.9. The highest BCUT2D eigenvalue weighted by Crippen LogP contribution is 2.22. The van der Waals surface area contributed by atoms with E-state index in [1.54, 1.807) is 0 Å². The SMILES string of the molecule is CCCOc1ccc(N2CCC(NC)CC2)cc1. The summed E-state index contributed by atoms with van der Waals surface area (Å²) in [6.45, 7) is 5.20. The molecule has 3 heteroatoms. The van der Waals surface area contributed by atoms with Crippen molar-refractivity contribution < 1.29 is 4.74 Å². The molecule has 0 saturated carbocycles. The number of nitrogens with zero attached hydrogens (tertiary/aromatic N) is 1. The van der Waals surface area contributed by atoms with Crippen LogP contribution in [0.15, 0.2) is 24.3 Å². The van der Waals surface area contributed by atoms with Gasteiger partial charge in [0, 0.05) is 24.8 Å². The van der Waals surface area contributed by atoms with Crippen molar-refractivity contribution >= 4 is 5.69 Å². The zero-order chi connectivity index (χ0) is 12.8. The van der Waals surface area contributed by atoms with Crippen molar-refractivity contribution in [3.63, 3.8) is 0 Å². The second-order valence-electron chi connectivity index (χ2n) is 4.89. The predicted octanol–water partition coefficient (Wildman–Crippen LogP) is 2.66. The van der Waals surface area contributed by atoms with Crippen LogP contribution in [0.2, 0.25) is 0 Å². The Kier molecular flexibility index (Phi) is 4.88. The van der Waals surface area contributed by atoms with Crippen molar-refractivity contribution in [2.75, 3.05) is 31.6 Å². The zero-order valence-electron chi connectivity index (χ0n) is 11.5. The maximum Gasteiger partial charge on any atom is 0.119 e. The van der Waals surface area contributed by atoms with E-state index in [2.05, 4.69) is 48.5 Å². The summed E-state index contributed by atoms with van der Waals surface area (Å²) in [4.78, 5) is 2.46. The van der Waals surface area contributed by atoms with Crippen LogP contribution >= 0.6 is 0 Å². The van der Waals surface area contributed by atoms with E-state index in [1.807, 2.05) is 0 Å². The minimum atomic E-state index is 0.688. The molecule has 0 amide bonds. The molecule has 0 aliphatic carbocycles. The van der Waals surface area contributed by atoms with Crippen molar-refractivity contribution in [1.82, 2.24) is 5.32 Å². The second-order valence-corrected chi connectivity index (χ2v) is 4.89. The molecule has 1 aliphatic rings. The monoisotopic (exact) mass is 248 g/mol. The molecule has 1 fully saturated rings. The number of benzene rings is 1. The van der Waals surface area contributed by atoms with Crippen LogP contribution in [0.4, 0.5) is 5.69 Å². The quantitative estimate of drug-likeness (QED) is 0.867. The largest absolute Gasteiger partial charge is 0.494 e. The number of rotatable bonds is 5. The Balaban J connectivity index is 1.89. The first-order valence-electron chi connectivity index (χ1n) is 6.98. The van der Waals surface area contributed by atoms with Gasteiger partial charge < -0.3 is 15.0 Å². The third kappa shape index (κ3) is 3.39. The van der Waals surface area contributed by atoms with Gasteiger partial charge in [-0.2, -0.15) is 0 Å². The van der Waals surface area contributed by atoms with E-state index in [0.29, 0.717) is 6.04 Å². The molecule has 0 atom stereocenters. The van der Waals surface area contributed by atoms with Crippen molar-refractivity contribution in [2.24, 2.45) is 0 Å². The van der Waals surface area contributed by atoms with Gasteiger partial charge in [-0.3, -0.25) is 0 Å². The Morgan fingerprint density at radius 3 is 2.44 bits per heavy atom. The summed E-state index contributed by atoms with van der Waals surface area (Å²) in [5.41, 5.74) is 1.31. The van der Waals surface area contributed by atoms with Gasteiger partial charge in [0.2, 0.25) is 0 Å². The van der Waals surface area contributed by atoms with Crippen LogP contribution in [0.5, 0.6) is 5.75 Å². The summed E-state index contributed by atoms with van der Waals surface area (Å²) >= 11 is 0. The molecule has 1 heterocycles. The number of nitrogens with one attached hydrogen (secondary N) is 1. The van der Waals surface area contributed by atoms with Crippen molar-refractivity contribution in [3.05, 3.63) is 24.3 Å². The summed E-state index contributed by atoms with van der Waals surface area (Å²) in [6.07, 6.45) is 3.51. The van der Waals surface area contributed by atoms with Crippen LogP contribution in [0.1, 0.15) is 26.2 Å². The van der Waals surface area contributed by atoms with E-state index in [-0.39, 0.29) is 0 Å². The van der Waals surface area contributed by atoms with E-state index in [1.165, 1.54) is 18.5 Å². The lowest BCUT2D eigenvalue weighted by molar-refractivity contribution is 0.317. The van der Waals surface area contributed by atoms with Gasteiger partial charge in [-0.05, 0) is 50.6 Å². The molecule has 1 aromatic carbocycles. The standard InChI is InChI=1S/C15H24N2O/c1-3-12-18-15-6-4-14(5-7-15)17-10-8-13(16-2)9-11-17/h4-7,13,16H,3,8-12H2,1-2H3. The van der Waals surface area contributed by atoms with Crippen LogP contribution in [0, 0.1) is 0 Å². The van der Waals surface area contributed by atoms with Crippen LogP contribution in [0.3, 0.4) is 0 Å². The number of ether oxygens (including phenoxy) is 1. The maximum absolute atomic E-state index is 5.60. The Bertz CT molecular complexity index is 342. The summed E-state index contributed by atoms with van der Waals surface area (Å²) in [5.74, 6) is 0.978. The summed E-state index contributed by atoms with van der Waals surface area (Å²) in [6, 6.07) is 9.19. The van der Waals surface area contributed by atoms with Crippen LogP contribution in [-0.4, -0.2) is 32.8 Å². The first-order chi connectivity index (χ1) is 8.83. The van der Waals surface area contributed by atoms with E-state index in [0.717, 1.165) is 31.9 Å². The molecule has 1 aliphatic heterocycles. The lowest BCUT2D eigenvalue weighted by Crippen LogP contribution is -2.41. The molecule has 1 saturated heterocycles. The van der Waals surface area contributed by atoms with Gasteiger partial charge in [0.05, 0.1) is 6.61 Å². The first-order valence-corrected chi connectivity index (χ1v) is 6.98. The fraction of sp³-hybridized carbons (Fsp3) is 0.600. The van der Waals surface area contributed by atoms with Crippen LogP contribution in [0.25, 0.3) is 0 Å². The minimum absolute atomic E-state index is 0.688. The third-order valence-corrected chi connectivity index (χ3v) is 3.58. The first kappa shape index (κ1) is 13.2. The fourth-order valence-electron chi connectivity index (χ4n) is 2.40.